The fraction of sp³-hybridized carbons (Fsp3) is 0.0769. The largest absolute Gasteiger partial charge is 0.439 e. The van der Waals surface area contributed by atoms with Gasteiger partial charge in [0.25, 0.3) is 0 Å². The maximum Gasteiger partial charge on any atom is 0.219 e. The fourth-order valence-corrected chi connectivity index (χ4v) is 1.35. The van der Waals surface area contributed by atoms with Crippen LogP contribution >= 0.6 is 0 Å². The van der Waals surface area contributed by atoms with Gasteiger partial charge >= 0.3 is 0 Å². The standard InChI is InChI=1S/C13H11NO2/c1-10-4-2-7-13(14-10)16-12-6-3-5-11(8-12)9-15/h2-9H,1H3. The van der Waals surface area contributed by atoms with Gasteiger partial charge in [-0.05, 0) is 25.1 Å². The molecule has 1 aromatic heterocycles. The molecule has 0 N–H and O–H groups in total. The molecule has 0 aliphatic carbocycles. The smallest absolute Gasteiger partial charge is 0.219 e. The average molecular weight is 213 g/mol. The molecule has 0 radical (unpaired) electrons. The summed E-state index contributed by atoms with van der Waals surface area (Å²) in [5, 5.41) is 0. The van der Waals surface area contributed by atoms with Gasteiger partial charge in [-0.1, -0.05) is 18.2 Å². The molecule has 2 rings (SSSR count). The third kappa shape index (κ3) is 2.45. The van der Waals surface area contributed by atoms with Crippen molar-refractivity contribution in [2.45, 2.75) is 6.92 Å². The number of hydrogen-bond donors (Lipinski definition) is 0. The molecule has 0 unspecified atom stereocenters. The van der Waals surface area contributed by atoms with E-state index in [2.05, 4.69) is 4.98 Å². The Balaban J connectivity index is 2.23. The molecule has 0 aliphatic heterocycles. The van der Waals surface area contributed by atoms with Gasteiger partial charge in [-0.15, -0.1) is 0 Å². The van der Waals surface area contributed by atoms with Gasteiger partial charge in [0.2, 0.25) is 5.88 Å². The highest BCUT2D eigenvalue weighted by atomic mass is 16.5. The summed E-state index contributed by atoms with van der Waals surface area (Å²) in [5.41, 5.74) is 1.48. The van der Waals surface area contributed by atoms with Crippen LogP contribution < -0.4 is 4.74 Å². The number of carbonyl (C=O) groups excluding carboxylic acids is 1. The summed E-state index contributed by atoms with van der Waals surface area (Å²) in [4.78, 5) is 14.8. The summed E-state index contributed by atoms with van der Waals surface area (Å²) in [7, 11) is 0. The monoisotopic (exact) mass is 213 g/mol. The second-order valence-electron chi connectivity index (χ2n) is 3.41. The van der Waals surface area contributed by atoms with Gasteiger partial charge in [-0.2, -0.15) is 0 Å². The summed E-state index contributed by atoms with van der Waals surface area (Å²) in [6.07, 6.45) is 0.788. The number of ether oxygens (including phenoxy) is 1. The van der Waals surface area contributed by atoms with Crippen LogP contribution in [0.25, 0.3) is 0 Å². The van der Waals surface area contributed by atoms with E-state index in [1.54, 1.807) is 30.3 Å². The van der Waals surface area contributed by atoms with Crippen molar-refractivity contribution >= 4 is 6.29 Å². The molecule has 0 atom stereocenters. The van der Waals surface area contributed by atoms with Gasteiger partial charge in [-0.3, -0.25) is 4.79 Å². The van der Waals surface area contributed by atoms with Crippen molar-refractivity contribution < 1.29 is 9.53 Å². The van der Waals surface area contributed by atoms with E-state index in [4.69, 9.17) is 4.74 Å². The van der Waals surface area contributed by atoms with Crippen LogP contribution in [0, 0.1) is 6.92 Å². The Bertz CT molecular complexity index is 509. The van der Waals surface area contributed by atoms with Crippen LogP contribution in [0.4, 0.5) is 0 Å². The zero-order chi connectivity index (χ0) is 11.4. The quantitative estimate of drug-likeness (QED) is 0.736. The van der Waals surface area contributed by atoms with Crippen molar-refractivity contribution in [3.05, 3.63) is 53.7 Å². The molecule has 3 heteroatoms. The van der Waals surface area contributed by atoms with E-state index in [1.165, 1.54) is 0 Å². The molecule has 0 bridgehead atoms. The normalized spacial score (nSPS) is 9.81. The predicted octanol–water partition coefficient (Wildman–Crippen LogP) is 2.99. The van der Waals surface area contributed by atoms with Crippen molar-refractivity contribution in [2.75, 3.05) is 0 Å². The van der Waals surface area contributed by atoms with E-state index in [-0.39, 0.29) is 0 Å². The van der Waals surface area contributed by atoms with Crippen molar-refractivity contribution in [1.29, 1.82) is 0 Å². The number of rotatable bonds is 3. The number of aryl methyl sites for hydroxylation is 1. The molecule has 0 amide bonds. The first-order chi connectivity index (χ1) is 7.78. The molecule has 0 aliphatic rings. The Kier molecular flexibility index (Phi) is 2.96. The first-order valence-electron chi connectivity index (χ1n) is 4.95. The molecule has 16 heavy (non-hydrogen) atoms. The number of hydrogen-bond acceptors (Lipinski definition) is 3. The van der Waals surface area contributed by atoms with Gasteiger partial charge in [0.1, 0.15) is 12.0 Å². The van der Waals surface area contributed by atoms with Crippen molar-refractivity contribution in [3.63, 3.8) is 0 Å². The van der Waals surface area contributed by atoms with Crippen LogP contribution in [0.2, 0.25) is 0 Å². The minimum Gasteiger partial charge on any atom is -0.439 e. The summed E-state index contributed by atoms with van der Waals surface area (Å²) in [5.74, 6) is 1.14. The van der Waals surface area contributed by atoms with Crippen LogP contribution in [0.1, 0.15) is 16.1 Å². The summed E-state index contributed by atoms with van der Waals surface area (Å²) < 4.78 is 5.53. The average Bonchev–Trinajstić information content (AvgIpc) is 2.29. The summed E-state index contributed by atoms with van der Waals surface area (Å²) >= 11 is 0. The minimum atomic E-state index is 0.531. The number of carbonyl (C=O) groups is 1. The lowest BCUT2D eigenvalue weighted by Gasteiger charge is -2.05. The Morgan fingerprint density at radius 1 is 1.19 bits per heavy atom. The molecule has 0 saturated heterocycles. The highest BCUT2D eigenvalue weighted by molar-refractivity contribution is 5.75. The number of pyridine rings is 1. The SMILES string of the molecule is Cc1cccc(Oc2cccc(C=O)c2)n1. The Morgan fingerprint density at radius 3 is 2.75 bits per heavy atom. The van der Waals surface area contributed by atoms with Gasteiger partial charge < -0.3 is 4.74 Å². The Hall–Kier alpha value is -2.16. The number of aldehydes is 1. The van der Waals surface area contributed by atoms with E-state index in [9.17, 15) is 4.79 Å². The fourth-order valence-electron chi connectivity index (χ4n) is 1.35. The maximum atomic E-state index is 10.6. The second kappa shape index (κ2) is 4.57. The van der Waals surface area contributed by atoms with Crippen molar-refractivity contribution in [2.24, 2.45) is 0 Å². The molecule has 2 aromatic rings. The lowest BCUT2D eigenvalue weighted by Crippen LogP contribution is -1.90. The van der Waals surface area contributed by atoms with Gasteiger partial charge in [0.15, 0.2) is 0 Å². The van der Waals surface area contributed by atoms with E-state index in [0.29, 0.717) is 17.2 Å². The van der Waals surface area contributed by atoms with Crippen LogP contribution in [0.5, 0.6) is 11.6 Å². The first-order valence-corrected chi connectivity index (χ1v) is 4.95. The van der Waals surface area contributed by atoms with Crippen molar-refractivity contribution in [3.8, 4) is 11.6 Å². The molecule has 0 fully saturated rings. The zero-order valence-electron chi connectivity index (χ0n) is 8.88. The molecular weight excluding hydrogens is 202 g/mol. The third-order valence-corrected chi connectivity index (χ3v) is 2.08. The molecule has 1 heterocycles. The minimum absolute atomic E-state index is 0.531. The summed E-state index contributed by atoms with van der Waals surface area (Å²) in [6.45, 7) is 1.90. The van der Waals surface area contributed by atoms with Gasteiger partial charge in [0, 0.05) is 17.3 Å². The van der Waals surface area contributed by atoms with E-state index in [0.717, 1.165) is 12.0 Å². The highest BCUT2D eigenvalue weighted by Crippen LogP contribution is 2.19. The van der Waals surface area contributed by atoms with Gasteiger partial charge in [0.05, 0.1) is 0 Å². The predicted molar refractivity (Wildman–Crippen MR) is 60.9 cm³/mol. The Morgan fingerprint density at radius 2 is 2.00 bits per heavy atom. The van der Waals surface area contributed by atoms with Crippen LogP contribution in [0.15, 0.2) is 42.5 Å². The third-order valence-electron chi connectivity index (χ3n) is 2.08. The van der Waals surface area contributed by atoms with Crippen LogP contribution in [-0.2, 0) is 0 Å². The number of aromatic nitrogens is 1. The second-order valence-corrected chi connectivity index (χ2v) is 3.41. The van der Waals surface area contributed by atoms with E-state index < -0.39 is 0 Å². The van der Waals surface area contributed by atoms with Crippen molar-refractivity contribution in [1.82, 2.24) is 4.98 Å². The Labute approximate surface area is 93.7 Å². The highest BCUT2D eigenvalue weighted by Gasteiger charge is 1.99. The lowest BCUT2D eigenvalue weighted by molar-refractivity contribution is 0.112. The number of nitrogens with zero attached hydrogens (tertiary/aromatic N) is 1. The van der Waals surface area contributed by atoms with Crippen LogP contribution in [0.3, 0.4) is 0 Å². The molecule has 0 spiro atoms. The zero-order valence-corrected chi connectivity index (χ0v) is 8.88. The molecule has 0 saturated carbocycles. The molecule has 1 aromatic carbocycles. The molecular formula is C13H11NO2. The molecule has 3 nitrogen and oxygen atoms in total. The molecule has 80 valence electrons. The van der Waals surface area contributed by atoms with Crippen LogP contribution in [-0.4, -0.2) is 11.3 Å². The van der Waals surface area contributed by atoms with Gasteiger partial charge in [-0.25, -0.2) is 4.98 Å². The topological polar surface area (TPSA) is 39.2 Å². The first kappa shape index (κ1) is 10.4. The van der Waals surface area contributed by atoms with E-state index in [1.807, 2.05) is 19.1 Å². The lowest BCUT2D eigenvalue weighted by atomic mass is 10.2. The number of benzene rings is 1. The maximum absolute atomic E-state index is 10.6. The van der Waals surface area contributed by atoms with E-state index >= 15 is 0 Å². The summed E-state index contributed by atoms with van der Waals surface area (Å²) in [6, 6.07) is 12.5.